The van der Waals surface area contributed by atoms with Gasteiger partial charge in [0, 0.05) is 29.9 Å². The van der Waals surface area contributed by atoms with Gasteiger partial charge in [-0.1, -0.05) is 0 Å². The molecule has 1 aliphatic rings. The molecule has 0 N–H and O–H groups in total. The number of pyridine rings is 1. The van der Waals surface area contributed by atoms with Gasteiger partial charge in [-0.25, -0.2) is 9.97 Å². The molecule has 3 rings (SSSR count). The van der Waals surface area contributed by atoms with Gasteiger partial charge in [-0.2, -0.15) is 0 Å². The number of aromatic nitrogens is 3. The maximum atomic E-state index is 4.31. The van der Waals surface area contributed by atoms with Gasteiger partial charge in [-0.3, -0.25) is 4.98 Å². The van der Waals surface area contributed by atoms with Crippen LogP contribution in [0.1, 0.15) is 11.3 Å². The van der Waals surface area contributed by atoms with Crippen LogP contribution in [0.4, 0.5) is 0 Å². The zero-order valence-corrected chi connectivity index (χ0v) is 6.94. The predicted molar refractivity (Wildman–Crippen MR) is 48.1 cm³/mol. The topological polar surface area (TPSA) is 38.7 Å². The zero-order valence-electron chi connectivity index (χ0n) is 6.94. The molecule has 2 aromatic rings. The molecule has 0 unspecified atom stereocenters. The zero-order chi connectivity index (χ0) is 8.67. The van der Waals surface area contributed by atoms with E-state index in [1.54, 1.807) is 6.33 Å². The van der Waals surface area contributed by atoms with Crippen molar-refractivity contribution in [3.8, 4) is 11.3 Å². The van der Waals surface area contributed by atoms with E-state index in [1.807, 2.05) is 18.5 Å². The highest BCUT2D eigenvalue weighted by atomic mass is 14.8. The van der Waals surface area contributed by atoms with Gasteiger partial charge in [0.2, 0.25) is 0 Å². The molecule has 0 radical (unpaired) electrons. The van der Waals surface area contributed by atoms with Crippen molar-refractivity contribution < 1.29 is 0 Å². The van der Waals surface area contributed by atoms with Crippen molar-refractivity contribution in [3.63, 3.8) is 0 Å². The summed E-state index contributed by atoms with van der Waals surface area (Å²) in [5, 5.41) is 0. The fraction of sp³-hybridized carbons (Fsp3) is 0.100. The normalized spacial score (nSPS) is 12.3. The third-order valence-electron chi connectivity index (χ3n) is 2.29. The van der Waals surface area contributed by atoms with Gasteiger partial charge in [-0.15, -0.1) is 0 Å². The summed E-state index contributed by atoms with van der Waals surface area (Å²) in [6.07, 6.45) is 6.13. The lowest BCUT2D eigenvalue weighted by Gasteiger charge is -1.95. The van der Waals surface area contributed by atoms with Crippen LogP contribution in [-0.2, 0) is 6.42 Å². The summed E-state index contributed by atoms with van der Waals surface area (Å²) in [7, 11) is 0. The Balaban J connectivity index is 2.32. The van der Waals surface area contributed by atoms with E-state index in [9.17, 15) is 0 Å². The van der Waals surface area contributed by atoms with Crippen LogP contribution in [0.15, 0.2) is 30.9 Å². The van der Waals surface area contributed by atoms with Crippen LogP contribution in [0, 0.1) is 0 Å². The van der Waals surface area contributed by atoms with Gasteiger partial charge >= 0.3 is 0 Å². The van der Waals surface area contributed by atoms with Gasteiger partial charge in [0.15, 0.2) is 0 Å². The third-order valence-corrected chi connectivity index (χ3v) is 2.29. The molecule has 3 nitrogen and oxygen atoms in total. The van der Waals surface area contributed by atoms with Crippen molar-refractivity contribution in [3.05, 3.63) is 42.1 Å². The number of hydrogen-bond donors (Lipinski definition) is 0. The SMILES string of the molecule is c1cnc2c(c1)-c1ncncc1C2. The monoisotopic (exact) mass is 169 g/mol. The number of fused-ring (bicyclic) bond motifs is 3. The summed E-state index contributed by atoms with van der Waals surface area (Å²) < 4.78 is 0. The Hall–Kier alpha value is -1.77. The van der Waals surface area contributed by atoms with Crippen LogP contribution >= 0.6 is 0 Å². The highest BCUT2D eigenvalue weighted by molar-refractivity contribution is 5.70. The summed E-state index contributed by atoms with van der Waals surface area (Å²) >= 11 is 0. The van der Waals surface area contributed by atoms with E-state index < -0.39 is 0 Å². The van der Waals surface area contributed by atoms with Gasteiger partial charge < -0.3 is 0 Å². The van der Waals surface area contributed by atoms with Crippen LogP contribution in [0.25, 0.3) is 11.3 Å². The Kier molecular flexibility index (Phi) is 1.22. The third kappa shape index (κ3) is 0.869. The molecular formula is C10H7N3. The largest absolute Gasteiger partial charge is 0.260 e. The molecular weight excluding hydrogens is 162 g/mol. The molecule has 0 amide bonds. The quantitative estimate of drug-likeness (QED) is 0.511. The molecule has 0 aliphatic heterocycles. The standard InChI is InChI=1S/C10H7N3/c1-2-8-9(12-3-1)4-7-5-11-6-13-10(7)8/h1-3,5-6H,4H2. The first kappa shape index (κ1) is 6.71. The molecule has 2 aromatic heterocycles. The van der Waals surface area contributed by atoms with E-state index in [4.69, 9.17) is 0 Å². The van der Waals surface area contributed by atoms with Crippen molar-refractivity contribution in [1.29, 1.82) is 0 Å². The van der Waals surface area contributed by atoms with E-state index >= 15 is 0 Å². The Morgan fingerprint density at radius 3 is 3.23 bits per heavy atom. The Morgan fingerprint density at radius 2 is 2.23 bits per heavy atom. The fourth-order valence-electron chi connectivity index (χ4n) is 1.71. The number of rotatable bonds is 0. The summed E-state index contributed by atoms with van der Waals surface area (Å²) in [6, 6.07) is 4.00. The molecule has 0 spiro atoms. The molecule has 13 heavy (non-hydrogen) atoms. The highest BCUT2D eigenvalue weighted by Crippen LogP contribution is 2.31. The van der Waals surface area contributed by atoms with Gasteiger partial charge in [0.25, 0.3) is 0 Å². The van der Waals surface area contributed by atoms with Crippen molar-refractivity contribution in [2.45, 2.75) is 6.42 Å². The second kappa shape index (κ2) is 2.36. The lowest BCUT2D eigenvalue weighted by molar-refractivity contribution is 1.09. The molecule has 0 saturated carbocycles. The number of nitrogens with zero attached hydrogens (tertiary/aromatic N) is 3. The van der Waals surface area contributed by atoms with E-state index in [2.05, 4.69) is 21.0 Å². The summed E-state index contributed by atoms with van der Waals surface area (Å²) in [6.45, 7) is 0. The lowest BCUT2D eigenvalue weighted by Crippen LogP contribution is -1.84. The van der Waals surface area contributed by atoms with Crippen molar-refractivity contribution in [2.75, 3.05) is 0 Å². The average Bonchev–Trinajstić information content (AvgIpc) is 2.56. The Bertz CT molecular complexity index is 422. The minimum absolute atomic E-state index is 0.867. The fourth-order valence-corrected chi connectivity index (χ4v) is 1.71. The molecule has 0 saturated heterocycles. The van der Waals surface area contributed by atoms with E-state index in [-0.39, 0.29) is 0 Å². The van der Waals surface area contributed by atoms with Crippen molar-refractivity contribution in [1.82, 2.24) is 15.0 Å². The van der Waals surface area contributed by atoms with Crippen molar-refractivity contribution in [2.24, 2.45) is 0 Å². The molecule has 2 heterocycles. The first-order valence-corrected chi connectivity index (χ1v) is 4.18. The van der Waals surface area contributed by atoms with Gasteiger partial charge in [-0.05, 0) is 12.1 Å². The Morgan fingerprint density at radius 1 is 1.23 bits per heavy atom. The van der Waals surface area contributed by atoms with E-state index in [0.717, 1.165) is 23.4 Å². The molecule has 3 heteroatoms. The van der Waals surface area contributed by atoms with E-state index in [1.165, 1.54) is 5.56 Å². The predicted octanol–water partition coefficient (Wildman–Crippen LogP) is 1.44. The smallest absolute Gasteiger partial charge is 0.116 e. The van der Waals surface area contributed by atoms with Crippen molar-refractivity contribution >= 4 is 0 Å². The minimum Gasteiger partial charge on any atom is -0.260 e. The van der Waals surface area contributed by atoms with E-state index in [0.29, 0.717) is 0 Å². The van der Waals surface area contributed by atoms with Crippen LogP contribution in [0.2, 0.25) is 0 Å². The average molecular weight is 169 g/mol. The Labute approximate surface area is 75.5 Å². The lowest BCUT2D eigenvalue weighted by atomic mass is 10.2. The number of hydrogen-bond acceptors (Lipinski definition) is 3. The first-order valence-electron chi connectivity index (χ1n) is 4.18. The molecule has 0 fully saturated rings. The minimum atomic E-state index is 0.867. The summed E-state index contributed by atoms with van der Waals surface area (Å²) in [5.41, 5.74) is 4.48. The van der Waals surface area contributed by atoms with Gasteiger partial charge in [0.1, 0.15) is 6.33 Å². The molecule has 62 valence electrons. The maximum Gasteiger partial charge on any atom is 0.116 e. The molecule has 0 atom stereocenters. The van der Waals surface area contributed by atoms with Crippen LogP contribution < -0.4 is 0 Å². The first-order chi connectivity index (χ1) is 6.45. The van der Waals surface area contributed by atoms with Crippen LogP contribution in [-0.4, -0.2) is 15.0 Å². The van der Waals surface area contributed by atoms with Crippen LogP contribution in [0.5, 0.6) is 0 Å². The summed E-state index contributed by atoms with van der Waals surface area (Å²) in [5.74, 6) is 0. The van der Waals surface area contributed by atoms with Gasteiger partial charge in [0.05, 0.1) is 11.4 Å². The maximum absolute atomic E-state index is 4.31. The summed E-state index contributed by atoms with van der Waals surface area (Å²) in [4.78, 5) is 12.6. The second-order valence-corrected chi connectivity index (χ2v) is 3.07. The molecule has 0 aromatic carbocycles. The molecule has 0 bridgehead atoms. The molecule has 1 aliphatic carbocycles. The second-order valence-electron chi connectivity index (χ2n) is 3.07. The van der Waals surface area contributed by atoms with Crippen LogP contribution in [0.3, 0.4) is 0 Å². The highest BCUT2D eigenvalue weighted by Gasteiger charge is 2.19.